The van der Waals surface area contributed by atoms with E-state index in [0.717, 1.165) is 31.7 Å². The van der Waals surface area contributed by atoms with Gasteiger partial charge in [0.1, 0.15) is 5.82 Å². The highest BCUT2D eigenvalue weighted by Gasteiger charge is 2.12. The average Bonchev–Trinajstić information content (AvgIpc) is 2.34. The van der Waals surface area contributed by atoms with Gasteiger partial charge < -0.3 is 10.6 Å². The molecule has 1 fully saturated rings. The molecule has 2 N–H and O–H groups in total. The SMILES string of the molecule is O=CNc1ccc(F)cc1CN1CCNCC1. The molecule has 1 aliphatic heterocycles. The van der Waals surface area contributed by atoms with Crippen LogP contribution in [0.1, 0.15) is 5.56 Å². The van der Waals surface area contributed by atoms with Crippen LogP contribution in [0.25, 0.3) is 0 Å². The van der Waals surface area contributed by atoms with Crippen LogP contribution < -0.4 is 10.6 Å². The third kappa shape index (κ3) is 3.25. The van der Waals surface area contributed by atoms with Crippen LogP contribution in [0.5, 0.6) is 0 Å². The Morgan fingerprint density at radius 1 is 1.41 bits per heavy atom. The first kappa shape index (κ1) is 12.0. The van der Waals surface area contributed by atoms with Gasteiger partial charge in [-0.2, -0.15) is 0 Å². The van der Waals surface area contributed by atoms with Gasteiger partial charge >= 0.3 is 0 Å². The van der Waals surface area contributed by atoms with E-state index < -0.39 is 0 Å². The highest BCUT2D eigenvalue weighted by molar-refractivity contribution is 5.73. The molecule has 5 heteroatoms. The zero-order valence-corrected chi connectivity index (χ0v) is 9.58. The van der Waals surface area contributed by atoms with Crippen molar-refractivity contribution in [3.8, 4) is 0 Å². The molecule has 0 radical (unpaired) electrons. The average molecular weight is 237 g/mol. The molecular weight excluding hydrogens is 221 g/mol. The Balaban J connectivity index is 2.11. The lowest BCUT2D eigenvalue weighted by atomic mass is 10.1. The summed E-state index contributed by atoms with van der Waals surface area (Å²) in [4.78, 5) is 12.7. The fraction of sp³-hybridized carbons (Fsp3) is 0.417. The summed E-state index contributed by atoms with van der Waals surface area (Å²) in [6.45, 7) is 4.45. The molecule has 1 heterocycles. The zero-order valence-electron chi connectivity index (χ0n) is 9.58. The minimum Gasteiger partial charge on any atom is -0.328 e. The number of benzene rings is 1. The predicted octanol–water partition coefficient (Wildman–Crippen LogP) is 0.799. The molecule has 0 spiro atoms. The van der Waals surface area contributed by atoms with Crippen LogP contribution in [0.2, 0.25) is 0 Å². The normalized spacial score (nSPS) is 16.8. The van der Waals surface area contributed by atoms with Crippen LogP contribution in [0.3, 0.4) is 0 Å². The van der Waals surface area contributed by atoms with E-state index in [2.05, 4.69) is 15.5 Å². The quantitative estimate of drug-likeness (QED) is 0.761. The zero-order chi connectivity index (χ0) is 12.1. The van der Waals surface area contributed by atoms with Crippen LogP contribution in [-0.2, 0) is 11.3 Å². The van der Waals surface area contributed by atoms with Crippen LogP contribution >= 0.6 is 0 Å². The second-order valence-corrected chi connectivity index (χ2v) is 4.09. The van der Waals surface area contributed by atoms with Gasteiger partial charge in [-0.05, 0) is 23.8 Å². The van der Waals surface area contributed by atoms with Gasteiger partial charge in [0.15, 0.2) is 0 Å². The lowest BCUT2D eigenvalue weighted by Gasteiger charge is -2.27. The van der Waals surface area contributed by atoms with E-state index in [-0.39, 0.29) is 5.82 Å². The fourth-order valence-electron chi connectivity index (χ4n) is 2.01. The van der Waals surface area contributed by atoms with Gasteiger partial charge in [0.25, 0.3) is 0 Å². The summed E-state index contributed by atoms with van der Waals surface area (Å²) in [5.74, 6) is -0.272. The van der Waals surface area contributed by atoms with Crippen molar-refractivity contribution >= 4 is 12.1 Å². The van der Waals surface area contributed by atoms with E-state index in [9.17, 15) is 9.18 Å². The lowest BCUT2D eigenvalue weighted by molar-refractivity contribution is -0.105. The Kier molecular flexibility index (Phi) is 4.06. The van der Waals surface area contributed by atoms with Gasteiger partial charge in [0.2, 0.25) is 6.41 Å². The molecule has 1 aromatic rings. The minimum atomic E-state index is -0.272. The largest absolute Gasteiger partial charge is 0.328 e. The number of hydrogen-bond donors (Lipinski definition) is 2. The van der Waals surface area contributed by atoms with Crippen molar-refractivity contribution in [3.63, 3.8) is 0 Å². The molecule has 0 aromatic heterocycles. The second-order valence-electron chi connectivity index (χ2n) is 4.09. The number of halogens is 1. The topological polar surface area (TPSA) is 44.4 Å². The number of anilines is 1. The van der Waals surface area contributed by atoms with Gasteiger partial charge in [-0.15, -0.1) is 0 Å². The van der Waals surface area contributed by atoms with E-state index in [4.69, 9.17) is 0 Å². The van der Waals surface area contributed by atoms with Crippen molar-refractivity contribution in [2.75, 3.05) is 31.5 Å². The summed E-state index contributed by atoms with van der Waals surface area (Å²) in [5.41, 5.74) is 1.50. The smallest absolute Gasteiger partial charge is 0.211 e. The van der Waals surface area contributed by atoms with E-state index in [0.29, 0.717) is 18.6 Å². The van der Waals surface area contributed by atoms with Gasteiger partial charge in [-0.25, -0.2) is 4.39 Å². The first-order valence-electron chi connectivity index (χ1n) is 5.71. The Bertz CT molecular complexity index is 391. The van der Waals surface area contributed by atoms with E-state index in [1.165, 1.54) is 12.1 Å². The van der Waals surface area contributed by atoms with E-state index >= 15 is 0 Å². The number of nitrogens with zero attached hydrogens (tertiary/aromatic N) is 1. The molecule has 1 saturated heterocycles. The van der Waals surface area contributed by atoms with Gasteiger partial charge in [-0.1, -0.05) is 0 Å². The first-order chi connectivity index (χ1) is 8.29. The molecule has 17 heavy (non-hydrogen) atoms. The third-order valence-corrected chi connectivity index (χ3v) is 2.89. The second kappa shape index (κ2) is 5.75. The number of rotatable bonds is 4. The molecule has 92 valence electrons. The first-order valence-corrected chi connectivity index (χ1v) is 5.71. The number of piperazine rings is 1. The van der Waals surface area contributed by atoms with Crippen LogP contribution in [0.15, 0.2) is 18.2 Å². The molecule has 2 rings (SSSR count). The summed E-state index contributed by atoms with van der Waals surface area (Å²) in [5, 5.41) is 5.87. The van der Waals surface area contributed by atoms with Crippen molar-refractivity contribution in [1.82, 2.24) is 10.2 Å². The Morgan fingerprint density at radius 2 is 2.18 bits per heavy atom. The van der Waals surface area contributed by atoms with Crippen LogP contribution in [0.4, 0.5) is 10.1 Å². The molecular formula is C12H16FN3O. The molecule has 1 amide bonds. The minimum absolute atomic E-state index is 0.272. The van der Waals surface area contributed by atoms with Crippen molar-refractivity contribution in [1.29, 1.82) is 0 Å². The molecule has 0 bridgehead atoms. The summed E-state index contributed by atoms with van der Waals surface area (Å²) < 4.78 is 13.2. The van der Waals surface area contributed by atoms with Crippen molar-refractivity contribution in [3.05, 3.63) is 29.6 Å². The van der Waals surface area contributed by atoms with Crippen molar-refractivity contribution < 1.29 is 9.18 Å². The van der Waals surface area contributed by atoms with Crippen molar-refractivity contribution in [2.24, 2.45) is 0 Å². The number of nitrogens with one attached hydrogen (secondary N) is 2. The predicted molar refractivity (Wildman–Crippen MR) is 64.2 cm³/mol. The molecule has 0 unspecified atom stereocenters. The van der Waals surface area contributed by atoms with Crippen molar-refractivity contribution in [2.45, 2.75) is 6.54 Å². The highest BCUT2D eigenvalue weighted by atomic mass is 19.1. The van der Waals surface area contributed by atoms with Gasteiger partial charge in [0, 0.05) is 38.4 Å². The van der Waals surface area contributed by atoms with E-state index in [1.807, 2.05) is 0 Å². The molecule has 1 aliphatic rings. The molecule has 1 aromatic carbocycles. The van der Waals surface area contributed by atoms with E-state index in [1.54, 1.807) is 6.07 Å². The van der Waals surface area contributed by atoms with Gasteiger partial charge in [-0.3, -0.25) is 9.69 Å². The maximum Gasteiger partial charge on any atom is 0.211 e. The Labute approximate surface area is 99.8 Å². The number of carbonyl (C=O) groups excluding carboxylic acids is 1. The number of carbonyl (C=O) groups is 1. The summed E-state index contributed by atoms with van der Waals surface area (Å²) in [6, 6.07) is 4.43. The third-order valence-electron chi connectivity index (χ3n) is 2.89. The Hall–Kier alpha value is -1.46. The Morgan fingerprint density at radius 3 is 2.88 bits per heavy atom. The summed E-state index contributed by atoms with van der Waals surface area (Å²) >= 11 is 0. The maximum absolute atomic E-state index is 13.2. The monoisotopic (exact) mass is 237 g/mol. The van der Waals surface area contributed by atoms with Crippen LogP contribution in [0, 0.1) is 5.82 Å². The highest BCUT2D eigenvalue weighted by Crippen LogP contribution is 2.18. The van der Waals surface area contributed by atoms with Crippen LogP contribution in [-0.4, -0.2) is 37.5 Å². The number of hydrogen-bond acceptors (Lipinski definition) is 3. The number of amides is 1. The van der Waals surface area contributed by atoms with Gasteiger partial charge in [0.05, 0.1) is 0 Å². The fourth-order valence-corrected chi connectivity index (χ4v) is 2.01. The molecule has 0 atom stereocenters. The standard InChI is InChI=1S/C12H16FN3O/c13-11-1-2-12(15-9-17)10(7-11)8-16-5-3-14-4-6-16/h1-2,7,9,14H,3-6,8H2,(H,15,17). The molecule has 4 nitrogen and oxygen atoms in total. The molecule has 0 saturated carbocycles. The maximum atomic E-state index is 13.2. The summed E-state index contributed by atoms with van der Waals surface area (Å²) in [6.07, 6.45) is 0.620. The summed E-state index contributed by atoms with van der Waals surface area (Å²) in [7, 11) is 0. The lowest BCUT2D eigenvalue weighted by Crippen LogP contribution is -2.43. The molecule has 0 aliphatic carbocycles.